The monoisotopic (exact) mass is 283 g/mol. The van der Waals surface area contributed by atoms with Crippen LogP contribution in [0.1, 0.15) is 37.4 Å². The lowest BCUT2D eigenvalue weighted by Crippen LogP contribution is -2.21. The van der Waals surface area contributed by atoms with Gasteiger partial charge in [0.1, 0.15) is 4.90 Å². The van der Waals surface area contributed by atoms with E-state index in [-0.39, 0.29) is 0 Å². The maximum atomic E-state index is 12.2. The highest BCUT2D eigenvalue weighted by Crippen LogP contribution is 2.37. The van der Waals surface area contributed by atoms with E-state index in [4.69, 9.17) is 0 Å². The van der Waals surface area contributed by atoms with Crippen LogP contribution in [0.15, 0.2) is 17.2 Å². The Morgan fingerprint density at radius 2 is 2.00 bits per heavy atom. The highest BCUT2D eigenvalue weighted by atomic mass is 32.2. The van der Waals surface area contributed by atoms with Crippen molar-refractivity contribution in [3.05, 3.63) is 18.0 Å². The molecular formula is C13H21N3O2S. The van der Waals surface area contributed by atoms with Crippen molar-refractivity contribution in [1.82, 2.24) is 14.2 Å². The molecule has 6 heteroatoms. The summed E-state index contributed by atoms with van der Waals surface area (Å²) in [5, 5.41) is 3.46. The van der Waals surface area contributed by atoms with E-state index in [1.165, 1.54) is 17.1 Å². The van der Waals surface area contributed by atoms with E-state index >= 15 is 0 Å². The van der Waals surface area contributed by atoms with E-state index in [0.717, 1.165) is 25.1 Å². The molecule has 3 rings (SSSR count). The van der Waals surface area contributed by atoms with E-state index in [0.29, 0.717) is 17.0 Å². The summed E-state index contributed by atoms with van der Waals surface area (Å²) in [6.07, 6.45) is 6.61. The molecule has 19 heavy (non-hydrogen) atoms. The van der Waals surface area contributed by atoms with Crippen LogP contribution in [0.5, 0.6) is 0 Å². The van der Waals surface area contributed by atoms with Crippen LogP contribution in [0.3, 0.4) is 0 Å². The second kappa shape index (κ2) is 4.61. The minimum atomic E-state index is -3.32. The summed E-state index contributed by atoms with van der Waals surface area (Å²) in [5.41, 5.74) is 1.09. The molecule has 0 atom stereocenters. The van der Waals surface area contributed by atoms with Crippen molar-refractivity contribution in [3.63, 3.8) is 0 Å². The van der Waals surface area contributed by atoms with E-state index in [1.54, 1.807) is 20.3 Å². The largest absolute Gasteiger partial charge is 0.346 e. The number of aromatic nitrogens is 1. The van der Waals surface area contributed by atoms with Crippen molar-refractivity contribution in [2.45, 2.75) is 49.2 Å². The Kier molecular flexibility index (Phi) is 3.19. The molecule has 2 fully saturated rings. The molecule has 2 aliphatic carbocycles. The fourth-order valence-electron chi connectivity index (χ4n) is 2.22. The van der Waals surface area contributed by atoms with Gasteiger partial charge in [0.2, 0.25) is 10.0 Å². The van der Waals surface area contributed by atoms with E-state index in [9.17, 15) is 8.42 Å². The molecule has 2 aliphatic rings. The molecule has 1 heterocycles. The second-order valence-electron chi connectivity index (χ2n) is 5.75. The topological polar surface area (TPSA) is 54.3 Å². The second-order valence-corrected chi connectivity index (χ2v) is 7.90. The standard InChI is InChI=1S/C13H21N3O2S/c1-15(2)19(17,18)13-7-12(8-14-10-3-4-10)16(9-13)11-5-6-11/h7,9-11,14H,3-6,8H2,1-2H3. The van der Waals surface area contributed by atoms with Gasteiger partial charge in [0.05, 0.1) is 0 Å². The molecule has 106 valence electrons. The van der Waals surface area contributed by atoms with Crippen molar-refractivity contribution in [3.8, 4) is 0 Å². The Balaban J connectivity index is 1.87. The number of nitrogens with one attached hydrogen (secondary N) is 1. The van der Waals surface area contributed by atoms with Crippen LogP contribution >= 0.6 is 0 Å². The van der Waals surface area contributed by atoms with Crippen LogP contribution in [0.2, 0.25) is 0 Å². The third-order valence-electron chi connectivity index (χ3n) is 3.77. The first-order chi connectivity index (χ1) is 8.98. The Labute approximate surface area is 114 Å². The Hall–Kier alpha value is -0.850. The predicted octanol–water partition coefficient (Wildman–Crippen LogP) is 1.33. The number of hydrogen-bond donors (Lipinski definition) is 1. The summed E-state index contributed by atoms with van der Waals surface area (Å²) in [5.74, 6) is 0. The van der Waals surface area contributed by atoms with E-state index in [2.05, 4.69) is 9.88 Å². The first-order valence-electron chi connectivity index (χ1n) is 6.85. The van der Waals surface area contributed by atoms with Gasteiger partial charge in [0, 0.05) is 44.6 Å². The van der Waals surface area contributed by atoms with E-state index in [1.807, 2.05) is 6.07 Å². The van der Waals surface area contributed by atoms with Crippen molar-refractivity contribution in [2.24, 2.45) is 0 Å². The van der Waals surface area contributed by atoms with Gasteiger partial charge in [-0.25, -0.2) is 12.7 Å². The molecule has 2 saturated carbocycles. The third-order valence-corrected chi connectivity index (χ3v) is 5.56. The molecular weight excluding hydrogens is 262 g/mol. The van der Waals surface area contributed by atoms with Crippen LogP contribution in [-0.4, -0.2) is 37.4 Å². The molecule has 5 nitrogen and oxygen atoms in total. The number of sulfonamides is 1. The maximum absolute atomic E-state index is 12.2. The highest BCUT2D eigenvalue weighted by molar-refractivity contribution is 7.89. The summed E-state index contributed by atoms with van der Waals surface area (Å²) in [7, 11) is -0.172. The molecule has 1 aromatic heterocycles. The van der Waals surface area contributed by atoms with Crippen LogP contribution in [0, 0.1) is 0 Å². The predicted molar refractivity (Wildman–Crippen MR) is 73.4 cm³/mol. The van der Waals surface area contributed by atoms with Gasteiger partial charge in [-0.3, -0.25) is 0 Å². The van der Waals surface area contributed by atoms with Crippen LogP contribution in [-0.2, 0) is 16.6 Å². The average molecular weight is 283 g/mol. The van der Waals surface area contributed by atoms with Gasteiger partial charge >= 0.3 is 0 Å². The normalized spacial score (nSPS) is 20.2. The Morgan fingerprint density at radius 3 is 2.53 bits per heavy atom. The van der Waals surface area contributed by atoms with E-state index < -0.39 is 10.0 Å². The highest BCUT2D eigenvalue weighted by Gasteiger charge is 2.29. The number of rotatable bonds is 6. The molecule has 0 bridgehead atoms. The van der Waals surface area contributed by atoms with Crippen molar-refractivity contribution < 1.29 is 8.42 Å². The van der Waals surface area contributed by atoms with Gasteiger partial charge < -0.3 is 9.88 Å². The fraction of sp³-hybridized carbons (Fsp3) is 0.692. The third kappa shape index (κ3) is 2.70. The Bertz CT molecular complexity index is 569. The fourth-order valence-corrected chi connectivity index (χ4v) is 3.17. The molecule has 1 aromatic rings. The van der Waals surface area contributed by atoms with Gasteiger partial charge in [0.25, 0.3) is 0 Å². The lowest BCUT2D eigenvalue weighted by molar-refractivity contribution is 0.520. The van der Waals surface area contributed by atoms with Crippen molar-refractivity contribution >= 4 is 10.0 Å². The molecule has 0 amide bonds. The molecule has 0 saturated heterocycles. The number of hydrogen-bond acceptors (Lipinski definition) is 3. The molecule has 0 aliphatic heterocycles. The quantitative estimate of drug-likeness (QED) is 0.857. The summed E-state index contributed by atoms with van der Waals surface area (Å²) >= 11 is 0. The summed E-state index contributed by atoms with van der Waals surface area (Å²) in [4.78, 5) is 0.414. The number of nitrogens with zero attached hydrogens (tertiary/aromatic N) is 2. The zero-order chi connectivity index (χ0) is 13.6. The maximum Gasteiger partial charge on any atom is 0.244 e. The van der Waals surface area contributed by atoms with Gasteiger partial charge in [0.15, 0.2) is 0 Å². The molecule has 1 N–H and O–H groups in total. The van der Waals surface area contributed by atoms with Crippen LogP contribution < -0.4 is 5.32 Å². The zero-order valence-electron chi connectivity index (χ0n) is 11.5. The minimum Gasteiger partial charge on any atom is -0.346 e. The lowest BCUT2D eigenvalue weighted by Gasteiger charge is -2.08. The first kappa shape index (κ1) is 13.1. The van der Waals surface area contributed by atoms with Gasteiger partial charge in [-0.2, -0.15) is 0 Å². The lowest BCUT2D eigenvalue weighted by atomic mass is 10.4. The van der Waals surface area contributed by atoms with Crippen LogP contribution in [0.25, 0.3) is 0 Å². The van der Waals surface area contributed by atoms with Gasteiger partial charge in [-0.15, -0.1) is 0 Å². The van der Waals surface area contributed by atoms with Crippen molar-refractivity contribution in [2.75, 3.05) is 14.1 Å². The summed E-state index contributed by atoms with van der Waals surface area (Å²) < 4.78 is 27.8. The van der Waals surface area contributed by atoms with Gasteiger partial charge in [-0.1, -0.05) is 0 Å². The minimum absolute atomic E-state index is 0.414. The molecule has 0 spiro atoms. The van der Waals surface area contributed by atoms with Gasteiger partial charge in [-0.05, 0) is 31.7 Å². The molecule has 0 aromatic carbocycles. The van der Waals surface area contributed by atoms with Crippen LogP contribution in [0.4, 0.5) is 0 Å². The zero-order valence-corrected chi connectivity index (χ0v) is 12.3. The summed E-state index contributed by atoms with van der Waals surface area (Å²) in [6.45, 7) is 0.768. The molecule has 0 unspecified atom stereocenters. The summed E-state index contributed by atoms with van der Waals surface area (Å²) in [6, 6.07) is 2.96. The smallest absolute Gasteiger partial charge is 0.244 e. The SMILES string of the molecule is CN(C)S(=O)(=O)c1cc(CNC2CC2)n(C2CC2)c1. The Morgan fingerprint density at radius 1 is 1.32 bits per heavy atom. The first-order valence-corrected chi connectivity index (χ1v) is 8.29. The average Bonchev–Trinajstić information content (AvgIpc) is 3.26. The molecule has 0 radical (unpaired) electrons. The van der Waals surface area contributed by atoms with Crippen molar-refractivity contribution in [1.29, 1.82) is 0 Å².